The largest absolute Gasteiger partial charge is 0.497 e. The van der Waals surface area contributed by atoms with Crippen LogP contribution in [0.1, 0.15) is 42.2 Å². The molecular formula is C21H24N2O7. The summed E-state index contributed by atoms with van der Waals surface area (Å²) in [6.45, 7) is 3.86. The van der Waals surface area contributed by atoms with Crippen molar-refractivity contribution in [3.8, 4) is 11.5 Å². The summed E-state index contributed by atoms with van der Waals surface area (Å²) in [5.41, 5.74) is 0.394. The smallest absolute Gasteiger partial charge is 0.311 e. The monoisotopic (exact) mass is 416 g/mol. The summed E-state index contributed by atoms with van der Waals surface area (Å²) >= 11 is 0. The molecule has 0 spiro atoms. The Kier molecular flexibility index (Phi) is 8.16. The summed E-state index contributed by atoms with van der Waals surface area (Å²) in [6.07, 6.45) is -0.105. The summed E-state index contributed by atoms with van der Waals surface area (Å²) in [4.78, 5) is 35.6. The van der Waals surface area contributed by atoms with Crippen LogP contribution < -0.4 is 14.8 Å². The van der Waals surface area contributed by atoms with Crippen LogP contribution in [0.15, 0.2) is 42.5 Å². The molecule has 0 aliphatic rings. The van der Waals surface area contributed by atoms with Gasteiger partial charge in [-0.3, -0.25) is 19.7 Å². The van der Waals surface area contributed by atoms with E-state index in [4.69, 9.17) is 14.2 Å². The Hall–Kier alpha value is -3.62. The molecule has 2 aromatic rings. The van der Waals surface area contributed by atoms with Crippen LogP contribution in [-0.2, 0) is 9.53 Å². The molecule has 0 radical (unpaired) electrons. The van der Waals surface area contributed by atoms with E-state index >= 15 is 0 Å². The minimum Gasteiger partial charge on any atom is -0.497 e. The van der Waals surface area contributed by atoms with E-state index in [9.17, 15) is 19.7 Å². The van der Waals surface area contributed by atoms with Crippen LogP contribution in [-0.4, -0.2) is 37.1 Å². The van der Waals surface area contributed by atoms with Gasteiger partial charge in [-0.1, -0.05) is 12.1 Å². The minimum absolute atomic E-state index is 0.0712. The first kappa shape index (κ1) is 22.7. The number of amides is 1. The van der Waals surface area contributed by atoms with Crippen molar-refractivity contribution in [2.45, 2.75) is 26.3 Å². The Labute approximate surface area is 174 Å². The number of esters is 1. The second-order valence-corrected chi connectivity index (χ2v) is 6.18. The zero-order chi connectivity index (χ0) is 22.1. The molecule has 160 valence electrons. The predicted octanol–water partition coefficient (Wildman–Crippen LogP) is 3.43. The maximum absolute atomic E-state index is 12.8. The second kappa shape index (κ2) is 10.8. The summed E-state index contributed by atoms with van der Waals surface area (Å²) in [5.74, 6) is -0.413. The van der Waals surface area contributed by atoms with E-state index in [1.807, 2.05) is 0 Å². The van der Waals surface area contributed by atoms with Crippen molar-refractivity contribution in [1.82, 2.24) is 5.32 Å². The first-order chi connectivity index (χ1) is 14.4. The van der Waals surface area contributed by atoms with Crippen molar-refractivity contribution in [2.24, 2.45) is 0 Å². The molecule has 0 bridgehead atoms. The molecule has 2 rings (SSSR count). The Balaban J connectivity index is 2.32. The predicted molar refractivity (Wildman–Crippen MR) is 109 cm³/mol. The number of carbonyl (C=O) groups is 2. The van der Waals surface area contributed by atoms with Gasteiger partial charge in [0.1, 0.15) is 5.75 Å². The van der Waals surface area contributed by atoms with Crippen molar-refractivity contribution in [1.29, 1.82) is 0 Å². The lowest BCUT2D eigenvalue weighted by Gasteiger charge is -2.19. The maximum atomic E-state index is 12.8. The van der Waals surface area contributed by atoms with E-state index in [1.54, 1.807) is 38.1 Å². The third kappa shape index (κ3) is 5.94. The van der Waals surface area contributed by atoms with Crippen molar-refractivity contribution >= 4 is 17.6 Å². The van der Waals surface area contributed by atoms with Gasteiger partial charge in [0, 0.05) is 11.6 Å². The number of nitro benzene ring substituents is 1. The molecule has 30 heavy (non-hydrogen) atoms. The van der Waals surface area contributed by atoms with Gasteiger partial charge in [-0.25, -0.2) is 0 Å². The normalized spacial score (nSPS) is 11.3. The van der Waals surface area contributed by atoms with Gasteiger partial charge in [-0.05, 0) is 43.7 Å². The molecule has 1 N–H and O–H groups in total. The van der Waals surface area contributed by atoms with E-state index < -0.39 is 22.8 Å². The molecular weight excluding hydrogens is 392 g/mol. The first-order valence-corrected chi connectivity index (χ1v) is 9.41. The lowest BCUT2D eigenvalue weighted by molar-refractivity contribution is -0.385. The van der Waals surface area contributed by atoms with Gasteiger partial charge >= 0.3 is 11.7 Å². The highest BCUT2D eigenvalue weighted by atomic mass is 16.6. The van der Waals surface area contributed by atoms with Crippen LogP contribution in [0.5, 0.6) is 11.5 Å². The molecule has 9 nitrogen and oxygen atoms in total. The maximum Gasteiger partial charge on any atom is 0.311 e. The third-order valence-corrected chi connectivity index (χ3v) is 4.20. The number of nitrogens with zero attached hydrogens (tertiary/aromatic N) is 1. The molecule has 0 heterocycles. The number of carbonyl (C=O) groups excluding carboxylic acids is 2. The summed E-state index contributed by atoms with van der Waals surface area (Å²) in [5, 5.41) is 14.1. The SMILES string of the molecule is CCOC(=O)CC(NC(=O)c1ccc(OCC)c([N+](=O)[O-])c1)c1cccc(OC)c1. The molecule has 0 fully saturated rings. The number of ether oxygens (including phenoxy) is 3. The zero-order valence-electron chi connectivity index (χ0n) is 17.0. The molecule has 2 aromatic carbocycles. The lowest BCUT2D eigenvalue weighted by atomic mass is 10.0. The standard InChI is InChI=1S/C21H24N2O7/c1-4-29-19-10-9-15(12-18(19)23(26)27)21(25)22-17(13-20(24)30-5-2)14-7-6-8-16(11-14)28-3/h6-12,17H,4-5,13H2,1-3H3,(H,22,25). The van der Waals surface area contributed by atoms with Crippen LogP contribution >= 0.6 is 0 Å². The summed E-state index contributed by atoms with van der Waals surface area (Å²) in [6, 6.07) is 10.2. The molecule has 0 saturated carbocycles. The van der Waals surface area contributed by atoms with Gasteiger partial charge in [-0.2, -0.15) is 0 Å². The Morgan fingerprint density at radius 2 is 1.90 bits per heavy atom. The number of rotatable bonds is 10. The Morgan fingerprint density at radius 3 is 2.53 bits per heavy atom. The molecule has 0 aliphatic carbocycles. The molecule has 0 aromatic heterocycles. The molecule has 0 aliphatic heterocycles. The number of methoxy groups -OCH3 is 1. The van der Waals surface area contributed by atoms with E-state index in [1.165, 1.54) is 19.2 Å². The summed E-state index contributed by atoms with van der Waals surface area (Å²) < 4.78 is 15.5. The number of hydrogen-bond acceptors (Lipinski definition) is 7. The van der Waals surface area contributed by atoms with Gasteiger partial charge in [-0.15, -0.1) is 0 Å². The Morgan fingerprint density at radius 1 is 1.13 bits per heavy atom. The average molecular weight is 416 g/mol. The molecule has 1 atom stereocenters. The van der Waals surface area contributed by atoms with E-state index in [-0.39, 0.29) is 36.6 Å². The van der Waals surface area contributed by atoms with E-state index in [0.29, 0.717) is 11.3 Å². The van der Waals surface area contributed by atoms with Gasteiger partial charge < -0.3 is 19.5 Å². The number of benzene rings is 2. The quantitative estimate of drug-likeness (QED) is 0.358. The zero-order valence-corrected chi connectivity index (χ0v) is 17.0. The van der Waals surface area contributed by atoms with Crippen LogP contribution in [0.3, 0.4) is 0 Å². The van der Waals surface area contributed by atoms with Gasteiger partial charge in [0.15, 0.2) is 5.75 Å². The number of nitrogens with one attached hydrogen (secondary N) is 1. The van der Waals surface area contributed by atoms with Crippen molar-refractivity contribution in [2.75, 3.05) is 20.3 Å². The highest BCUT2D eigenvalue weighted by Crippen LogP contribution is 2.29. The molecule has 1 unspecified atom stereocenters. The fraction of sp³-hybridized carbons (Fsp3) is 0.333. The number of hydrogen-bond donors (Lipinski definition) is 1. The van der Waals surface area contributed by atoms with Crippen molar-refractivity contribution in [3.63, 3.8) is 0 Å². The van der Waals surface area contributed by atoms with Crippen molar-refractivity contribution < 1.29 is 28.7 Å². The highest BCUT2D eigenvalue weighted by Gasteiger charge is 2.23. The second-order valence-electron chi connectivity index (χ2n) is 6.18. The fourth-order valence-corrected chi connectivity index (χ4v) is 2.82. The van der Waals surface area contributed by atoms with E-state index in [2.05, 4.69) is 5.32 Å². The van der Waals surface area contributed by atoms with Gasteiger partial charge in [0.2, 0.25) is 0 Å². The van der Waals surface area contributed by atoms with Crippen molar-refractivity contribution in [3.05, 3.63) is 63.7 Å². The lowest BCUT2D eigenvalue weighted by Crippen LogP contribution is -2.30. The van der Waals surface area contributed by atoms with Crippen LogP contribution in [0, 0.1) is 10.1 Å². The fourth-order valence-electron chi connectivity index (χ4n) is 2.82. The number of nitro groups is 1. The van der Waals surface area contributed by atoms with Gasteiger partial charge in [0.25, 0.3) is 5.91 Å². The topological polar surface area (TPSA) is 117 Å². The average Bonchev–Trinajstić information content (AvgIpc) is 2.73. The highest BCUT2D eigenvalue weighted by molar-refractivity contribution is 5.95. The Bertz CT molecular complexity index is 914. The van der Waals surface area contributed by atoms with Crippen LogP contribution in [0.4, 0.5) is 5.69 Å². The molecule has 1 amide bonds. The summed E-state index contributed by atoms with van der Waals surface area (Å²) in [7, 11) is 1.51. The van der Waals surface area contributed by atoms with Crippen LogP contribution in [0.2, 0.25) is 0 Å². The minimum atomic E-state index is -0.711. The van der Waals surface area contributed by atoms with Crippen LogP contribution in [0.25, 0.3) is 0 Å². The third-order valence-electron chi connectivity index (χ3n) is 4.20. The van der Waals surface area contributed by atoms with Gasteiger partial charge in [0.05, 0.1) is 37.7 Å². The first-order valence-electron chi connectivity index (χ1n) is 9.41. The molecule has 9 heteroatoms. The molecule has 0 saturated heterocycles. The van der Waals surface area contributed by atoms with E-state index in [0.717, 1.165) is 6.07 Å².